The molecule has 0 spiro atoms. The number of furan rings is 1. The molecule has 1 heterocycles. The Hall–Kier alpha value is -1.28. The molecule has 0 aliphatic rings. The van der Waals surface area contributed by atoms with Crippen LogP contribution in [0, 0.1) is 13.8 Å². The largest absolute Gasteiger partial charge is 0.459 e. The Morgan fingerprint density at radius 2 is 1.79 bits per heavy atom. The fourth-order valence-corrected chi connectivity index (χ4v) is 2.65. The predicted octanol–water partition coefficient (Wildman–Crippen LogP) is 4.50. The molecule has 2 nitrogen and oxygen atoms in total. The van der Waals surface area contributed by atoms with Gasteiger partial charge in [-0.1, -0.05) is 32.4 Å². The van der Waals surface area contributed by atoms with Crippen molar-refractivity contribution in [3.8, 4) is 0 Å². The van der Waals surface area contributed by atoms with Gasteiger partial charge in [-0.2, -0.15) is 0 Å². The lowest BCUT2D eigenvalue weighted by Gasteiger charge is -2.04. The molecule has 0 unspecified atom stereocenters. The van der Waals surface area contributed by atoms with Crippen molar-refractivity contribution in [2.24, 2.45) is 0 Å². The standard InChI is InChI=1S/C17H25NO/c1-5-7-14-15(11-18-10-6-2)19-17-13(4)9-8-12(3)16(14)17/h8-9,18H,5-7,10-11H2,1-4H3. The zero-order chi connectivity index (χ0) is 13.8. The van der Waals surface area contributed by atoms with Crippen LogP contribution in [0.5, 0.6) is 0 Å². The van der Waals surface area contributed by atoms with E-state index in [0.717, 1.165) is 43.7 Å². The minimum atomic E-state index is 0.844. The highest BCUT2D eigenvalue weighted by molar-refractivity contribution is 5.88. The summed E-state index contributed by atoms with van der Waals surface area (Å²) in [5.74, 6) is 1.13. The number of hydrogen-bond donors (Lipinski definition) is 1. The van der Waals surface area contributed by atoms with Gasteiger partial charge in [0, 0.05) is 10.9 Å². The number of fused-ring (bicyclic) bond motifs is 1. The van der Waals surface area contributed by atoms with Gasteiger partial charge in [-0.25, -0.2) is 0 Å². The summed E-state index contributed by atoms with van der Waals surface area (Å²) in [6.07, 6.45) is 3.41. The van der Waals surface area contributed by atoms with Crippen molar-refractivity contribution in [2.75, 3.05) is 6.54 Å². The molecule has 0 saturated carbocycles. The third kappa shape index (κ3) is 2.84. The van der Waals surface area contributed by atoms with Gasteiger partial charge >= 0.3 is 0 Å². The lowest BCUT2D eigenvalue weighted by molar-refractivity contribution is 0.505. The third-order valence-corrected chi connectivity index (χ3v) is 3.64. The zero-order valence-electron chi connectivity index (χ0n) is 12.6. The van der Waals surface area contributed by atoms with Crippen LogP contribution in [0.4, 0.5) is 0 Å². The van der Waals surface area contributed by atoms with Crippen molar-refractivity contribution >= 4 is 11.0 Å². The Kier molecular flexibility index (Phi) is 4.65. The molecule has 2 aromatic rings. The summed E-state index contributed by atoms with van der Waals surface area (Å²) in [5.41, 5.74) is 5.05. The van der Waals surface area contributed by atoms with Crippen LogP contribution < -0.4 is 5.32 Å². The van der Waals surface area contributed by atoms with Gasteiger partial charge in [0.15, 0.2) is 0 Å². The molecule has 0 atom stereocenters. The van der Waals surface area contributed by atoms with Crippen molar-refractivity contribution in [2.45, 2.75) is 53.5 Å². The van der Waals surface area contributed by atoms with Crippen molar-refractivity contribution in [1.82, 2.24) is 5.32 Å². The van der Waals surface area contributed by atoms with E-state index >= 15 is 0 Å². The summed E-state index contributed by atoms with van der Waals surface area (Å²) in [6.45, 7) is 10.6. The number of rotatable bonds is 6. The molecule has 1 aromatic heterocycles. The van der Waals surface area contributed by atoms with Crippen LogP contribution in [0.15, 0.2) is 16.5 Å². The van der Waals surface area contributed by atoms with Gasteiger partial charge in [0.25, 0.3) is 0 Å². The van der Waals surface area contributed by atoms with E-state index in [4.69, 9.17) is 4.42 Å². The molecule has 104 valence electrons. The molecule has 1 N–H and O–H groups in total. The smallest absolute Gasteiger partial charge is 0.137 e. The SMILES string of the molecule is CCCNCc1oc2c(C)ccc(C)c2c1CCC. The molecule has 0 aliphatic heterocycles. The lowest BCUT2D eigenvalue weighted by Crippen LogP contribution is -2.14. The lowest BCUT2D eigenvalue weighted by atomic mass is 10.00. The molecule has 0 radical (unpaired) electrons. The first kappa shape index (κ1) is 14.1. The topological polar surface area (TPSA) is 25.2 Å². The van der Waals surface area contributed by atoms with Crippen LogP contribution in [-0.2, 0) is 13.0 Å². The van der Waals surface area contributed by atoms with E-state index < -0.39 is 0 Å². The molecule has 19 heavy (non-hydrogen) atoms. The highest BCUT2D eigenvalue weighted by atomic mass is 16.3. The Labute approximate surface area is 116 Å². The van der Waals surface area contributed by atoms with E-state index in [2.05, 4.69) is 45.1 Å². The summed E-state index contributed by atoms with van der Waals surface area (Å²) in [6, 6.07) is 4.36. The van der Waals surface area contributed by atoms with Crippen LogP contribution in [0.3, 0.4) is 0 Å². The molecular weight excluding hydrogens is 234 g/mol. The summed E-state index contributed by atoms with van der Waals surface area (Å²) < 4.78 is 6.15. The number of aryl methyl sites for hydroxylation is 3. The first-order chi connectivity index (χ1) is 9.19. The molecule has 0 fully saturated rings. The summed E-state index contributed by atoms with van der Waals surface area (Å²) in [4.78, 5) is 0. The Balaban J connectivity index is 2.47. The molecular formula is C17H25NO. The third-order valence-electron chi connectivity index (χ3n) is 3.64. The maximum atomic E-state index is 6.15. The monoisotopic (exact) mass is 259 g/mol. The van der Waals surface area contributed by atoms with E-state index in [9.17, 15) is 0 Å². The van der Waals surface area contributed by atoms with E-state index in [-0.39, 0.29) is 0 Å². The zero-order valence-corrected chi connectivity index (χ0v) is 12.6. The van der Waals surface area contributed by atoms with Crippen molar-refractivity contribution < 1.29 is 4.42 Å². The van der Waals surface area contributed by atoms with E-state index in [0.29, 0.717) is 0 Å². The van der Waals surface area contributed by atoms with Crippen LogP contribution >= 0.6 is 0 Å². The molecule has 2 rings (SSSR count). The van der Waals surface area contributed by atoms with Gasteiger partial charge in [-0.3, -0.25) is 0 Å². The average molecular weight is 259 g/mol. The minimum absolute atomic E-state index is 0.844. The fourth-order valence-electron chi connectivity index (χ4n) is 2.65. The highest BCUT2D eigenvalue weighted by Gasteiger charge is 2.16. The van der Waals surface area contributed by atoms with E-state index in [1.165, 1.54) is 22.1 Å². The number of benzene rings is 1. The van der Waals surface area contributed by atoms with Crippen molar-refractivity contribution in [3.05, 3.63) is 34.6 Å². The fraction of sp³-hybridized carbons (Fsp3) is 0.529. The molecule has 0 bridgehead atoms. The first-order valence-corrected chi connectivity index (χ1v) is 7.40. The highest BCUT2D eigenvalue weighted by Crippen LogP contribution is 2.32. The van der Waals surface area contributed by atoms with Crippen molar-refractivity contribution in [1.29, 1.82) is 0 Å². The molecule has 0 aliphatic carbocycles. The van der Waals surface area contributed by atoms with Crippen LogP contribution in [0.1, 0.15) is 49.1 Å². The Morgan fingerprint density at radius 3 is 2.47 bits per heavy atom. The molecule has 0 amide bonds. The minimum Gasteiger partial charge on any atom is -0.459 e. The number of hydrogen-bond acceptors (Lipinski definition) is 2. The van der Waals surface area contributed by atoms with Gasteiger partial charge in [0.1, 0.15) is 11.3 Å². The Morgan fingerprint density at radius 1 is 1.05 bits per heavy atom. The van der Waals surface area contributed by atoms with Gasteiger partial charge in [-0.15, -0.1) is 0 Å². The van der Waals surface area contributed by atoms with Gasteiger partial charge < -0.3 is 9.73 Å². The molecule has 0 saturated heterocycles. The summed E-state index contributed by atoms with van der Waals surface area (Å²) >= 11 is 0. The Bertz CT molecular complexity index is 554. The molecule has 2 heteroatoms. The van der Waals surface area contributed by atoms with Crippen LogP contribution in [0.2, 0.25) is 0 Å². The summed E-state index contributed by atoms with van der Waals surface area (Å²) in [5, 5.41) is 4.80. The van der Waals surface area contributed by atoms with Crippen LogP contribution in [-0.4, -0.2) is 6.54 Å². The average Bonchev–Trinajstić information content (AvgIpc) is 2.75. The van der Waals surface area contributed by atoms with Gasteiger partial charge in [0.05, 0.1) is 6.54 Å². The summed E-state index contributed by atoms with van der Waals surface area (Å²) in [7, 11) is 0. The quantitative estimate of drug-likeness (QED) is 0.773. The first-order valence-electron chi connectivity index (χ1n) is 7.40. The second kappa shape index (κ2) is 6.25. The van der Waals surface area contributed by atoms with Crippen molar-refractivity contribution in [3.63, 3.8) is 0 Å². The van der Waals surface area contributed by atoms with Crippen LogP contribution in [0.25, 0.3) is 11.0 Å². The second-order valence-corrected chi connectivity index (χ2v) is 5.33. The van der Waals surface area contributed by atoms with Gasteiger partial charge in [-0.05, 0) is 44.4 Å². The second-order valence-electron chi connectivity index (χ2n) is 5.33. The van der Waals surface area contributed by atoms with Gasteiger partial charge in [0.2, 0.25) is 0 Å². The molecule has 1 aromatic carbocycles. The van der Waals surface area contributed by atoms with E-state index in [1.807, 2.05) is 0 Å². The predicted molar refractivity (Wildman–Crippen MR) is 81.7 cm³/mol. The maximum Gasteiger partial charge on any atom is 0.137 e. The van der Waals surface area contributed by atoms with E-state index in [1.54, 1.807) is 0 Å². The maximum absolute atomic E-state index is 6.15. The number of nitrogens with one attached hydrogen (secondary N) is 1. The normalized spacial score (nSPS) is 11.4.